The maximum absolute atomic E-state index is 14.0. The predicted octanol–water partition coefficient (Wildman–Crippen LogP) is 7.49. The Morgan fingerprint density at radius 1 is 0.905 bits per heavy atom. The van der Waals surface area contributed by atoms with Gasteiger partial charge < -0.3 is 13.9 Å². The van der Waals surface area contributed by atoms with E-state index in [1.54, 1.807) is 54.6 Å². The van der Waals surface area contributed by atoms with E-state index < -0.39 is 11.9 Å². The molecular weight excluding hydrogens is 598 g/mol. The molecule has 42 heavy (non-hydrogen) atoms. The minimum atomic E-state index is -0.808. The number of rotatable bonds is 8. The molecule has 0 radical (unpaired) electrons. The van der Waals surface area contributed by atoms with Crippen LogP contribution in [-0.2, 0) is 6.61 Å². The van der Waals surface area contributed by atoms with Gasteiger partial charge in [0.15, 0.2) is 22.7 Å². The van der Waals surface area contributed by atoms with Gasteiger partial charge in [-0.05, 0) is 79.6 Å². The van der Waals surface area contributed by atoms with Crippen LogP contribution in [0.5, 0.6) is 11.5 Å². The number of ether oxygens (including phenoxy) is 2. The molecule has 2 heterocycles. The normalized spacial score (nSPS) is 14.2. The summed E-state index contributed by atoms with van der Waals surface area (Å²) in [6.07, 6.45) is 0. The summed E-state index contributed by atoms with van der Waals surface area (Å²) in [5.41, 5.74) is 2.96. The second-order valence-corrected chi connectivity index (χ2v) is 10.8. The second kappa shape index (κ2) is 11.3. The molecule has 6 rings (SSSR count). The van der Waals surface area contributed by atoms with Crippen molar-refractivity contribution in [2.45, 2.75) is 26.5 Å². The highest BCUT2D eigenvalue weighted by molar-refractivity contribution is 9.10. The van der Waals surface area contributed by atoms with Gasteiger partial charge in [-0.1, -0.05) is 52.3 Å². The molecule has 8 heteroatoms. The van der Waals surface area contributed by atoms with Gasteiger partial charge in [0, 0.05) is 15.7 Å². The molecule has 1 aromatic heterocycles. The summed E-state index contributed by atoms with van der Waals surface area (Å²) in [6, 6.07) is 26.3. The predicted molar refractivity (Wildman–Crippen MR) is 164 cm³/mol. The largest absolute Gasteiger partial charge is 0.490 e. The molecule has 1 aliphatic rings. The average Bonchev–Trinajstić information content (AvgIpc) is 3.29. The van der Waals surface area contributed by atoms with E-state index in [1.165, 1.54) is 11.8 Å². The summed E-state index contributed by atoms with van der Waals surface area (Å²) in [6.45, 7) is 4.10. The van der Waals surface area contributed by atoms with Crippen LogP contribution in [0.1, 0.15) is 57.5 Å². The van der Waals surface area contributed by atoms with Gasteiger partial charge in [0.05, 0.1) is 23.6 Å². The maximum Gasteiger partial charge on any atom is 0.295 e. The third kappa shape index (κ3) is 4.99. The number of nitrogens with zero attached hydrogens (tertiary/aromatic N) is 1. The summed E-state index contributed by atoms with van der Waals surface area (Å²) >= 11 is 3.44. The van der Waals surface area contributed by atoms with Crippen LogP contribution in [0.15, 0.2) is 105 Å². The van der Waals surface area contributed by atoms with Crippen LogP contribution in [0.3, 0.4) is 0 Å². The monoisotopic (exact) mass is 623 g/mol. The fourth-order valence-electron chi connectivity index (χ4n) is 5.20. The molecule has 0 N–H and O–H groups in total. The van der Waals surface area contributed by atoms with E-state index in [0.717, 1.165) is 10.0 Å². The Labute approximate surface area is 250 Å². The first-order valence-corrected chi connectivity index (χ1v) is 14.3. The smallest absolute Gasteiger partial charge is 0.295 e. The molecule has 0 fully saturated rings. The zero-order valence-electron chi connectivity index (χ0n) is 22.9. The zero-order valence-corrected chi connectivity index (χ0v) is 24.5. The minimum Gasteiger partial charge on any atom is -0.490 e. The Balaban J connectivity index is 1.50. The van der Waals surface area contributed by atoms with Gasteiger partial charge in [-0.2, -0.15) is 0 Å². The van der Waals surface area contributed by atoms with Crippen molar-refractivity contribution in [1.29, 1.82) is 0 Å². The molecule has 5 aromatic rings. The Morgan fingerprint density at radius 3 is 2.38 bits per heavy atom. The Bertz CT molecular complexity index is 1880. The van der Waals surface area contributed by atoms with E-state index in [2.05, 4.69) is 15.9 Å². The highest BCUT2D eigenvalue weighted by Crippen LogP contribution is 2.43. The van der Waals surface area contributed by atoms with E-state index in [1.807, 2.05) is 43.3 Å². The molecule has 1 unspecified atom stereocenters. The number of carbonyl (C=O) groups excluding carboxylic acids is 2. The third-order valence-corrected chi connectivity index (χ3v) is 7.70. The van der Waals surface area contributed by atoms with Crippen molar-refractivity contribution in [2.24, 2.45) is 0 Å². The lowest BCUT2D eigenvalue weighted by atomic mass is 9.97. The van der Waals surface area contributed by atoms with Crippen LogP contribution in [0.2, 0.25) is 0 Å². The quantitative estimate of drug-likeness (QED) is 0.166. The molecule has 1 atom stereocenters. The fourth-order valence-corrected chi connectivity index (χ4v) is 5.56. The topological polar surface area (TPSA) is 86.0 Å². The highest BCUT2D eigenvalue weighted by atomic mass is 79.9. The standard InChI is InChI=1S/C34H26BrNO6/c1-3-40-29-17-23(11-15-28(29)41-19-21-7-5-4-6-8-21)31-30-32(38)26-18-24(35)12-16-27(26)42-33(30)34(39)36(31)25-13-9-22(10-14-25)20(2)37/h4-18,31H,3,19H2,1-2H3. The molecule has 7 nitrogen and oxygen atoms in total. The van der Waals surface area contributed by atoms with Crippen molar-refractivity contribution in [2.75, 3.05) is 11.5 Å². The van der Waals surface area contributed by atoms with Crippen LogP contribution in [0.4, 0.5) is 5.69 Å². The van der Waals surface area contributed by atoms with Crippen molar-refractivity contribution in [3.63, 3.8) is 0 Å². The highest BCUT2D eigenvalue weighted by Gasteiger charge is 2.44. The lowest BCUT2D eigenvalue weighted by molar-refractivity contribution is 0.0970. The molecule has 1 amide bonds. The molecular formula is C34H26BrNO6. The van der Waals surface area contributed by atoms with E-state index in [4.69, 9.17) is 13.9 Å². The Morgan fingerprint density at radius 2 is 1.67 bits per heavy atom. The SMILES string of the molecule is CCOc1cc(C2c3c(oc4ccc(Br)cc4c3=O)C(=O)N2c2ccc(C(C)=O)cc2)ccc1OCc1ccccc1. The van der Waals surface area contributed by atoms with Gasteiger partial charge in [0.25, 0.3) is 5.91 Å². The number of carbonyl (C=O) groups is 2. The van der Waals surface area contributed by atoms with Crippen molar-refractivity contribution in [3.05, 3.63) is 134 Å². The van der Waals surface area contributed by atoms with Crippen LogP contribution in [0, 0.1) is 0 Å². The lowest BCUT2D eigenvalue weighted by Crippen LogP contribution is -2.29. The first-order chi connectivity index (χ1) is 20.4. The van der Waals surface area contributed by atoms with Gasteiger partial charge in [0.2, 0.25) is 5.76 Å². The number of anilines is 1. The molecule has 0 aliphatic carbocycles. The summed E-state index contributed by atoms with van der Waals surface area (Å²) in [5, 5.41) is 0.363. The molecule has 4 aromatic carbocycles. The van der Waals surface area contributed by atoms with Crippen LogP contribution < -0.4 is 19.8 Å². The number of fused-ring (bicyclic) bond motifs is 2. The number of Topliss-reactive ketones (excluding diaryl/α,β-unsaturated/α-hetero) is 1. The summed E-state index contributed by atoms with van der Waals surface area (Å²) < 4.78 is 18.9. The van der Waals surface area contributed by atoms with Gasteiger partial charge in [0.1, 0.15) is 12.2 Å². The zero-order chi connectivity index (χ0) is 29.4. The Hall–Kier alpha value is -4.69. The van der Waals surface area contributed by atoms with E-state index >= 15 is 0 Å². The number of amides is 1. The Kier molecular flexibility index (Phi) is 7.39. The maximum atomic E-state index is 14.0. The van der Waals surface area contributed by atoms with Gasteiger partial charge in [-0.3, -0.25) is 19.3 Å². The van der Waals surface area contributed by atoms with Crippen LogP contribution in [-0.4, -0.2) is 18.3 Å². The first-order valence-electron chi connectivity index (χ1n) is 13.5. The molecule has 0 bridgehead atoms. The lowest BCUT2D eigenvalue weighted by Gasteiger charge is -2.26. The summed E-state index contributed by atoms with van der Waals surface area (Å²) in [4.78, 5) is 41.4. The number of benzene rings is 4. The van der Waals surface area contributed by atoms with Crippen LogP contribution in [0.25, 0.3) is 11.0 Å². The van der Waals surface area contributed by atoms with Gasteiger partial charge in [-0.15, -0.1) is 0 Å². The van der Waals surface area contributed by atoms with Crippen molar-refractivity contribution in [1.82, 2.24) is 0 Å². The second-order valence-electron chi connectivity index (χ2n) is 9.91. The van der Waals surface area contributed by atoms with Gasteiger partial charge >= 0.3 is 0 Å². The van der Waals surface area contributed by atoms with E-state index in [0.29, 0.717) is 52.5 Å². The number of hydrogen-bond donors (Lipinski definition) is 0. The number of halogens is 1. The number of hydrogen-bond acceptors (Lipinski definition) is 6. The molecule has 0 spiro atoms. The fraction of sp³-hybridized carbons (Fsp3) is 0.147. The molecule has 210 valence electrons. The summed E-state index contributed by atoms with van der Waals surface area (Å²) in [7, 11) is 0. The van der Waals surface area contributed by atoms with Crippen molar-refractivity contribution in [3.8, 4) is 11.5 Å². The van der Waals surface area contributed by atoms with E-state index in [9.17, 15) is 14.4 Å². The minimum absolute atomic E-state index is 0.0159. The summed E-state index contributed by atoms with van der Waals surface area (Å²) in [5.74, 6) is 0.482. The molecule has 0 saturated carbocycles. The average molecular weight is 624 g/mol. The van der Waals surface area contributed by atoms with Crippen molar-refractivity contribution >= 4 is 44.3 Å². The molecule has 0 saturated heterocycles. The van der Waals surface area contributed by atoms with Crippen LogP contribution >= 0.6 is 15.9 Å². The number of ketones is 1. The molecule has 1 aliphatic heterocycles. The first kappa shape index (κ1) is 27.5. The van der Waals surface area contributed by atoms with Crippen molar-refractivity contribution < 1.29 is 23.5 Å². The van der Waals surface area contributed by atoms with E-state index in [-0.39, 0.29) is 22.5 Å². The van der Waals surface area contributed by atoms with Gasteiger partial charge in [-0.25, -0.2) is 0 Å². The third-order valence-electron chi connectivity index (χ3n) is 7.20.